The molecule has 2 heterocycles. The van der Waals surface area contributed by atoms with Gasteiger partial charge in [0.15, 0.2) is 0 Å². The Morgan fingerprint density at radius 1 is 0.960 bits per heavy atom. The number of amides is 2. The number of nitrogens with one attached hydrogen (secondary N) is 3. The average Bonchev–Trinajstić information content (AvgIpc) is 3.04. The fraction of sp³-hybridized carbons (Fsp3) is 0. The van der Waals surface area contributed by atoms with Crippen LogP contribution in [0.1, 0.15) is 20.8 Å². The third-order valence-corrected chi connectivity index (χ3v) is 3.87. The van der Waals surface area contributed by atoms with E-state index in [4.69, 9.17) is 23.2 Å². The second kappa shape index (κ2) is 7.33. The molecule has 2 amide bonds. The zero-order valence-electron chi connectivity index (χ0n) is 12.6. The van der Waals surface area contributed by atoms with Crippen LogP contribution >= 0.6 is 23.2 Å². The summed E-state index contributed by atoms with van der Waals surface area (Å²) in [5, 5.41) is 12.0. The summed E-state index contributed by atoms with van der Waals surface area (Å²) < 4.78 is 0. The third kappa shape index (κ3) is 3.78. The lowest BCUT2D eigenvalue weighted by molar-refractivity contribution is 0.102. The summed E-state index contributed by atoms with van der Waals surface area (Å²) in [4.78, 5) is 28.6. The predicted octanol–water partition coefficient (Wildman–Crippen LogP) is 3.62. The fourth-order valence-corrected chi connectivity index (χ4v) is 2.65. The Morgan fingerprint density at radius 3 is 2.32 bits per heavy atom. The highest BCUT2D eigenvalue weighted by atomic mass is 35.5. The first-order valence-electron chi connectivity index (χ1n) is 7.06. The molecule has 0 atom stereocenters. The van der Waals surface area contributed by atoms with E-state index in [1.54, 1.807) is 42.7 Å². The molecule has 1 aromatic carbocycles. The van der Waals surface area contributed by atoms with Crippen molar-refractivity contribution in [3.63, 3.8) is 0 Å². The van der Waals surface area contributed by atoms with Crippen molar-refractivity contribution >= 4 is 46.4 Å². The molecule has 0 bridgehead atoms. The summed E-state index contributed by atoms with van der Waals surface area (Å²) in [7, 11) is 0. The van der Waals surface area contributed by atoms with E-state index in [0.29, 0.717) is 5.69 Å². The molecule has 25 heavy (non-hydrogen) atoms. The second-order valence-corrected chi connectivity index (χ2v) is 5.71. The van der Waals surface area contributed by atoms with Gasteiger partial charge in [0, 0.05) is 18.1 Å². The number of nitrogens with zero attached hydrogens (tertiary/aromatic N) is 2. The molecule has 3 aromatic rings. The number of anilines is 2. The van der Waals surface area contributed by atoms with E-state index in [1.807, 2.05) is 0 Å². The first-order valence-corrected chi connectivity index (χ1v) is 7.82. The number of carbonyl (C=O) groups is 2. The maximum atomic E-state index is 12.4. The molecule has 3 N–H and O–H groups in total. The second-order valence-electron chi connectivity index (χ2n) is 4.90. The van der Waals surface area contributed by atoms with E-state index in [1.165, 1.54) is 6.20 Å². The number of halogens is 2. The molecular weight excluding hydrogens is 365 g/mol. The first-order chi connectivity index (χ1) is 12.1. The van der Waals surface area contributed by atoms with E-state index in [-0.39, 0.29) is 27.0 Å². The van der Waals surface area contributed by atoms with Crippen LogP contribution in [0.25, 0.3) is 0 Å². The van der Waals surface area contributed by atoms with Crippen LogP contribution in [0, 0.1) is 0 Å². The van der Waals surface area contributed by atoms with Crippen molar-refractivity contribution in [1.82, 2.24) is 15.2 Å². The van der Waals surface area contributed by atoms with Gasteiger partial charge in [-0.05, 0) is 24.3 Å². The molecule has 126 valence electrons. The van der Waals surface area contributed by atoms with Crippen LogP contribution in [0.15, 0.2) is 48.9 Å². The van der Waals surface area contributed by atoms with Gasteiger partial charge in [0.05, 0.1) is 27.5 Å². The van der Waals surface area contributed by atoms with Crippen molar-refractivity contribution in [3.05, 3.63) is 70.2 Å². The van der Waals surface area contributed by atoms with Gasteiger partial charge in [-0.15, -0.1) is 0 Å². The van der Waals surface area contributed by atoms with Crippen LogP contribution in [0.5, 0.6) is 0 Å². The number of carbonyl (C=O) groups excluding carboxylic acids is 2. The summed E-state index contributed by atoms with van der Waals surface area (Å²) in [5.41, 5.74) is 0.967. The van der Waals surface area contributed by atoms with Crippen molar-refractivity contribution in [2.24, 2.45) is 0 Å². The van der Waals surface area contributed by atoms with Gasteiger partial charge in [0.25, 0.3) is 11.8 Å². The number of aromatic amines is 1. The predicted molar refractivity (Wildman–Crippen MR) is 95.2 cm³/mol. The minimum atomic E-state index is -0.546. The quantitative estimate of drug-likeness (QED) is 0.648. The molecule has 0 saturated carbocycles. The molecule has 0 radical (unpaired) electrons. The Labute approximate surface area is 152 Å². The summed E-state index contributed by atoms with van der Waals surface area (Å²) in [5.74, 6) is -1.01. The maximum absolute atomic E-state index is 12.4. The van der Waals surface area contributed by atoms with Crippen LogP contribution in [0.3, 0.4) is 0 Å². The normalized spacial score (nSPS) is 10.3. The molecule has 0 fully saturated rings. The Kier molecular flexibility index (Phi) is 4.97. The summed E-state index contributed by atoms with van der Waals surface area (Å²) in [6, 6.07) is 8.00. The van der Waals surface area contributed by atoms with Gasteiger partial charge in [-0.25, -0.2) is 0 Å². The lowest BCUT2D eigenvalue weighted by atomic mass is 10.2. The Hall–Kier alpha value is -2.90. The number of hydrogen-bond acceptors (Lipinski definition) is 4. The van der Waals surface area contributed by atoms with Crippen LogP contribution < -0.4 is 10.6 Å². The number of H-pyrrole nitrogens is 1. The molecule has 9 heteroatoms. The lowest BCUT2D eigenvalue weighted by Crippen LogP contribution is -2.18. The van der Waals surface area contributed by atoms with Crippen molar-refractivity contribution in [1.29, 1.82) is 0 Å². The standard InChI is InChI=1S/C16H11Cl2N5O2/c17-10-2-1-3-11(18)13(10)15(24)22-12-8-20-23-14(12)16(25)21-9-4-6-19-7-5-9/h1-8H,(H,20,23)(H,22,24)(H,19,21,25). The van der Waals surface area contributed by atoms with Crippen LogP contribution in [0.2, 0.25) is 10.0 Å². The Balaban J connectivity index is 1.80. The van der Waals surface area contributed by atoms with Crippen LogP contribution in [0.4, 0.5) is 11.4 Å². The number of benzene rings is 1. The molecule has 0 aliphatic carbocycles. The summed E-state index contributed by atoms with van der Waals surface area (Å²) in [6.07, 6.45) is 4.42. The van der Waals surface area contributed by atoms with Gasteiger partial charge in [-0.2, -0.15) is 5.10 Å². The molecule has 0 saturated heterocycles. The molecule has 2 aromatic heterocycles. The van der Waals surface area contributed by atoms with Crippen molar-refractivity contribution in [2.75, 3.05) is 10.6 Å². The molecular formula is C16H11Cl2N5O2. The molecule has 0 unspecified atom stereocenters. The smallest absolute Gasteiger partial charge is 0.275 e. The Morgan fingerprint density at radius 2 is 1.64 bits per heavy atom. The number of pyridine rings is 1. The lowest BCUT2D eigenvalue weighted by Gasteiger charge is -2.09. The van der Waals surface area contributed by atoms with E-state index in [0.717, 1.165) is 0 Å². The Bertz CT molecular complexity index is 907. The zero-order valence-corrected chi connectivity index (χ0v) is 14.1. The number of rotatable bonds is 4. The highest BCUT2D eigenvalue weighted by Crippen LogP contribution is 2.25. The topological polar surface area (TPSA) is 99.8 Å². The monoisotopic (exact) mass is 375 g/mol. The third-order valence-electron chi connectivity index (χ3n) is 3.24. The van der Waals surface area contributed by atoms with Crippen molar-refractivity contribution in [2.45, 2.75) is 0 Å². The van der Waals surface area contributed by atoms with Crippen LogP contribution in [-0.4, -0.2) is 27.0 Å². The number of aromatic nitrogens is 3. The van der Waals surface area contributed by atoms with E-state index in [2.05, 4.69) is 25.8 Å². The summed E-state index contributed by atoms with van der Waals surface area (Å²) >= 11 is 12.0. The fourth-order valence-electron chi connectivity index (χ4n) is 2.08. The number of hydrogen-bond donors (Lipinski definition) is 3. The highest BCUT2D eigenvalue weighted by molar-refractivity contribution is 6.40. The van der Waals surface area contributed by atoms with Gasteiger partial charge in [0.2, 0.25) is 0 Å². The van der Waals surface area contributed by atoms with E-state index >= 15 is 0 Å². The molecule has 0 spiro atoms. The molecule has 7 nitrogen and oxygen atoms in total. The first kappa shape index (κ1) is 16.9. The molecule has 3 rings (SSSR count). The summed E-state index contributed by atoms with van der Waals surface area (Å²) in [6.45, 7) is 0. The SMILES string of the molecule is O=C(Nc1ccncc1)c1[nH]ncc1NC(=O)c1c(Cl)cccc1Cl. The van der Waals surface area contributed by atoms with Gasteiger partial charge < -0.3 is 10.6 Å². The van der Waals surface area contributed by atoms with Crippen molar-refractivity contribution < 1.29 is 9.59 Å². The highest BCUT2D eigenvalue weighted by Gasteiger charge is 2.19. The van der Waals surface area contributed by atoms with Crippen molar-refractivity contribution in [3.8, 4) is 0 Å². The molecule has 0 aliphatic heterocycles. The molecule has 0 aliphatic rings. The van der Waals surface area contributed by atoms with Gasteiger partial charge >= 0.3 is 0 Å². The maximum Gasteiger partial charge on any atom is 0.275 e. The van der Waals surface area contributed by atoms with Crippen LogP contribution in [-0.2, 0) is 0 Å². The van der Waals surface area contributed by atoms with Gasteiger partial charge in [0.1, 0.15) is 5.69 Å². The van der Waals surface area contributed by atoms with E-state index < -0.39 is 11.8 Å². The minimum absolute atomic E-state index is 0.0911. The van der Waals surface area contributed by atoms with Gasteiger partial charge in [-0.3, -0.25) is 19.7 Å². The zero-order chi connectivity index (χ0) is 17.8. The van der Waals surface area contributed by atoms with Gasteiger partial charge in [-0.1, -0.05) is 29.3 Å². The van der Waals surface area contributed by atoms with E-state index in [9.17, 15) is 9.59 Å². The largest absolute Gasteiger partial charge is 0.320 e. The average molecular weight is 376 g/mol. The minimum Gasteiger partial charge on any atom is -0.320 e.